The first kappa shape index (κ1) is 29.5. The van der Waals surface area contributed by atoms with Gasteiger partial charge in [-0.1, -0.05) is 37.1 Å². The lowest BCUT2D eigenvalue weighted by Crippen LogP contribution is -2.46. The maximum atomic E-state index is 13.9. The Morgan fingerprint density at radius 1 is 0.795 bits per heavy atom. The van der Waals surface area contributed by atoms with Crippen LogP contribution >= 0.6 is 0 Å². The molecule has 3 amide bonds. The van der Waals surface area contributed by atoms with E-state index in [1.54, 1.807) is 55.6 Å². The molecule has 4 aromatic carbocycles. The van der Waals surface area contributed by atoms with E-state index in [1.807, 2.05) is 12.1 Å². The lowest BCUT2D eigenvalue weighted by atomic mass is 9.94. The molecule has 0 unspecified atom stereocenters. The highest BCUT2D eigenvalue weighted by Crippen LogP contribution is 2.30. The van der Waals surface area contributed by atoms with Crippen molar-refractivity contribution in [3.8, 4) is 5.75 Å². The molecule has 4 aromatic rings. The van der Waals surface area contributed by atoms with Gasteiger partial charge in [-0.3, -0.25) is 19.3 Å². The summed E-state index contributed by atoms with van der Waals surface area (Å²) in [5.74, 6) is -0.613. The number of carbonyl (C=O) groups excluding carboxylic acids is 3. The Morgan fingerprint density at radius 2 is 1.39 bits per heavy atom. The number of sulfonamides is 1. The van der Waals surface area contributed by atoms with Crippen molar-refractivity contribution in [2.45, 2.75) is 30.6 Å². The lowest BCUT2D eigenvalue weighted by molar-refractivity contribution is 0.0611. The summed E-state index contributed by atoms with van der Waals surface area (Å²) in [6.07, 6.45) is 3.68. The number of amides is 3. The molecule has 0 aliphatic carbocycles. The topological polar surface area (TPSA) is 104 Å². The molecule has 0 atom stereocenters. The molecule has 0 bridgehead atoms. The third-order valence-electron chi connectivity index (χ3n) is 8.34. The Balaban J connectivity index is 1.27. The summed E-state index contributed by atoms with van der Waals surface area (Å²) in [6.45, 7) is 0.957. The minimum Gasteiger partial charge on any atom is -0.497 e. The van der Waals surface area contributed by atoms with Crippen LogP contribution in [0.4, 0.5) is 5.69 Å². The van der Waals surface area contributed by atoms with E-state index in [9.17, 15) is 22.8 Å². The van der Waals surface area contributed by atoms with Crippen LogP contribution in [0.5, 0.6) is 5.75 Å². The zero-order chi connectivity index (χ0) is 30.8. The first-order valence-electron chi connectivity index (χ1n) is 14.7. The maximum Gasteiger partial charge on any atom is 0.261 e. The molecule has 1 saturated heterocycles. The number of rotatable bonds is 8. The molecule has 10 heteroatoms. The number of methoxy groups -OCH3 is 1. The quantitative estimate of drug-likeness (QED) is 0.249. The van der Waals surface area contributed by atoms with E-state index in [0.717, 1.165) is 31.1 Å². The highest BCUT2D eigenvalue weighted by molar-refractivity contribution is 7.89. The second-order valence-corrected chi connectivity index (χ2v) is 12.9. The fourth-order valence-corrected chi connectivity index (χ4v) is 7.47. The van der Waals surface area contributed by atoms with Gasteiger partial charge >= 0.3 is 0 Å². The molecule has 44 heavy (non-hydrogen) atoms. The van der Waals surface area contributed by atoms with E-state index < -0.39 is 27.7 Å². The summed E-state index contributed by atoms with van der Waals surface area (Å²) in [4.78, 5) is 43.7. The van der Waals surface area contributed by atoms with Crippen LogP contribution < -0.4 is 9.64 Å². The highest BCUT2D eigenvalue weighted by Gasteiger charge is 2.33. The minimum absolute atomic E-state index is 0.0224. The van der Waals surface area contributed by atoms with Crippen molar-refractivity contribution >= 4 is 44.2 Å². The normalized spacial score (nSPS) is 15.7. The number of imide groups is 1. The summed E-state index contributed by atoms with van der Waals surface area (Å²) in [5, 5.41) is 1.46. The van der Waals surface area contributed by atoms with Gasteiger partial charge in [-0.25, -0.2) is 8.42 Å². The summed E-state index contributed by atoms with van der Waals surface area (Å²) < 4.78 is 33.4. The molecular weight excluding hydrogens is 578 g/mol. The molecule has 9 nitrogen and oxygen atoms in total. The van der Waals surface area contributed by atoms with Crippen molar-refractivity contribution in [3.63, 3.8) is 0 Å². The molecular formula is C34H33N3O6S. The molecule has 2 aliphatic rings. The summed E-state index contributed by atoms with van der Waals surface area (Å²) in [5.41, 5.74) is 1.71. The summed E-state index contributed by atoms with van der Waals surface area (Å²) >= 11 is 0. The largest absolute Gasteiger partial charge is 0.497 e. The van der Waals surface area contributed by atoms with E-state index in [1.165, 1.54) is 38.4 Å². The SMILES string of the molecule is COc1ccc(N(CCN2C(=O)c3cccc4cccc(c34)C2=O)C(=O)c2ccc(S(=O)(=O)N3CCCCCC3)cc2)cc1. The van der Waals surface area contributed by atoms with Crippen molar-refractivity contribution in [2.75, 3.05) is 38.2 Å². The summed E-state index contributed by atoms with van der Waals surface area (Å²) in [6, 6.07) is 23.6. The molecule has 0 radical (unpaired) electrons. The highest BCUT2D eigenvalue weighted by atomic mass is 32.2. The fraction of sp³-hybridized carbons (Fsp3) is 0.265. The van der Waals surface area contributed by atoms with Gasteiger partial charge < -0.3 is 9.64 Å². The van der Waals surface area contributed by atoms with Gasteiger partial charge in [-0.2, -0.15) is 4.31 Å². The number of anilines is 1. The number of hydrogen-bond acceptors (Lipinski definition) is 6. The third-order valence-corrected chi connectivity index (χ3v) is 10.2. The average Bonchev–Trinajstić information content (AvgIpc) is 3.36. The van der Waals surface area contributed by atoms with Gasteiger partial charge in [0.15, 0.2) is 0 Å². The van der Waals surface area contributed by atoms with Crippen molar-refractivity contribution in [2.24, 2.45) is 0 Å². The van der Waals surface area contributed by atoms with Crippen molar-refractivity contribution in [1.29, 1.82) is 0 Å². The molecule has 2 aliphatic heterocycles. The summed E-state index contributed by atoms with van der Waals surface area (Å²) in [7, 11) is -2.13. The Kier molecular flexibility index (Phi) is 8.20. The molecule has 6 rings (SSSR count). The Bertz CT molecular complexity index is 1780. The monoisotopic (exact) mass is 611 g/mol. The maximum absolute atomic E-state index is 13.9. The van der Waals surface area contributed by atoms with Gasteiger partial charge in [-0.05, 0) is 78.9 Å². The van der Waals surface area contributed by atoms with Gasteiger partial charge in [-0.15, -0.1) is 0 Å². The zero-order valence-electron chi connectivity index (χ0n) is 24.4. The van der Waals surface area contributed by atoms with Gasteiger partial charge in [0.2, 0.25) is 10.0 Å². The van der Waals surface area contributed by atoms with Crippen molar-refractivity contribution in [3.05, 3.63) is 102 Å². The van der Waals surface area contributed by atoms with E-state index in [4.69, 9.17) is 4.74 Å². The fourth-order valence-electron chi connectivity index (χ4n) is 5.95. The number of hydrogen-bond donors (Lipinski definition) is 0. The van der Waals surface area contributed by atoms with Gasteiger partial charge in [0.25, 0.3) is 17.7 Å². The average molecular weight is 612 g/mol. The van der Waals surface area contributed by atoms with E-state index >= 15 is 0 Å². The van der Waals surface area contributed by atoms with Crippen LogP contribution in [-0.4, -0.2) is 68.6 Å². The van der Waals surface area contributed by atoms with Crippen LogP contribution in [0.2, 0.25) is 0 Å². The zero-order valence-corrected chi connectivity index (χ0v) is 25.3. The lowest BCUT2D eigenvalue weighted by Gasteiger charge is -2.30. The van der Waals surface area contributed by atoms with Crippen LogP contribution in [0.1, 0.15) is 56.8 Å². The second kappa shape index (κ2) is 12.2. The van der Waals surface area contributed by atoms with Crippen LogP contribution in [0, 0.1) is 0 Å². The molecule has 0 spiro atoms. The van der Waals surface area contributed by atoms with Gasteiger partial charge in [0, 0.05) is 53.9 Å². The Hall–Kier alpha value is -4.54. The van der Waals surface area contributed by atoms with Crippen LogP contribution in [0.25, 0.3) is 10.8 Å². The van der Waals surface area contributed by atoms with Crippen LogP contribution in [0.15, 0.2) is 89.8 Å². The number of carbonyl (C=O) groups is 3. The number of ether oxygens (including phenoxy) is 1. The smallest absolute Gasteiger partial charge is 0.261 e. The molecule has 226 valence electrons. The van der Waals surface area contributed by atoms with Crippen molar-refractivity contribution in [1.82, 2.24) is 9.21 Å². The first-order valence-corrected chi connectivity index (χ1v) is 16.2. The Morgan fingerprint density at radius 3 is 1.95 bits per heavy atom. The van der Waals surface area contributed by atoms with Crippen LogP contribution in [-0.2, 0) is 10.0 Å². The molecule has 1 fully saturated rings. The van der Waals surface area contributed by atoms with E-state index in [2.05, 4.69) is 0 Å². The third kappa shape index (κ3) is 5.46. The van der Waals surface area contributed by atoms with Crippen LogP contribution in [0.3, 0.4) is 0 Å². The Labute approximate surface area is 256 Å². The minimum atomic E-state index is -3.67. The second-order valence-electron chi connectivity index (χ2n) is 11.0. The first-order chi connectivity index (χ1) is 21.3. The predicted octanol–water partition coefficient (Wildman–Crippen LogP) is 5.36. The molecule has 2 heterocycles. The van der Waals surface area contributed by atoms with E-state index in [0.29, 0.717) is 41.0 Å². The van der Waals surface area contributed by atoms with E-state index in [-0.39, 0.29) is 23.5 Å². The number of benzene rings is 4. The van der Waals surface area contributed by atoms with Gasteiger partial charge in [0.05, 0.1) is 12.0 Å². The molecule has 0 saturated carbocycles. The molecule has 0 aromatic heterocycles. The number of nitrogens with zero attached hydrogens (tertiary/aromatic N) is 3. The van der Waals surface area contributed by atoms with Gasteiger partial charge in [0.1, 0.15) is 5.75 Å². The standard InChI is InChI=1S/C34H33N3O6S/c1-43-27-16-14-26(15-17-27)36(22-23-37-33(39)29-10-6-8-24-9-7-11-30(31(24)29)34(37)40)32(38)25-12-18-28(19-13-25)44(41,42)35-20-4-2-3-5-21-35/h6-19H,2-5,20-23H2,1H3. The molecule has 0 N–H and O–H groups in total. The van der Waals surface area contributed by atoms with Crippen molar-refractivity contribution < 1.29 is 27.5 Å². The predicted molar refractivity (Wildman–Crippen MR) is 168 cm³/mol.